The highest BCUT2D eigenvalue weighted by Crippen LogP contribution is 2.38. The quantitative estimate of drug-likeness (QED) is 0.724. The molecule has 0 aromatic carbocycles. The van der Waals surface area contributed by atoms with E-state index < -0.39 is 11.6 Å². The zero-order chi connectivity index (χ0) is 17.3. The molecule has 0 bridgehead atoms. The molecule has 8 heteroatoms. The molecule has 3 unspecified atom stereocenters. The Balaban J connectivity index is 0.00000225. The van der Waals surface area contributed by atoms with Gasteiger partial charge in [0.15, 0.2) is 0 Å². The first kappa shape index (κ1) is 20.0. The third-order valence-corrected chi connectivity index (χ3v) is 5.93. The van der Waals surface area contributed by atoms with E-state index in [9.17, 15) is 14.4 Å². The fourth-order valence-corrected chi connectivity index (χ4v) is 4.48. The van der Waals surface area contributed by atoms with Gasteiger partial charge in [-0.15, -0.1) is 12.4 Å². The van der Waals surface area contributed by atoms with Gasteiger partial charge in [0.1, 0.15) is 12.1 Å². The number of hydrogen-bond donors (Lipinski definition) is 2. The zero-order valence-corrected chi connectivity index (χ0v) is 15.9. The van der Waals surface area contributed by atoms with Gasteiger partial charge in [-0.3, -0.25) is 14.5 Å². The number of urea groups is 1. The molecule has 2 N–H and O–H groups in total. The number of likely N-dealkylation sites (tertiary alicyclic amines) is 1. The third kappa shape index (κ3) is 3.49. The van der Waals surface area contributed by atoms with Gasteiger partial charge in [-0.05, 0) is 38.6 Å². The molecule has 0 aromatic rings. The Hall–Kier alpha value is -1.34. The van der Waals surface area contributed by atoms with Gasteiger partial charge < -0.3 is 15.5 Å². The van der Waals surface area contributed by atoms with Crippen molar-refractivity contribution in [2.45, 2.75) is 57.0 Å². The molecule has 142 valence electrons. The lowest BCUT2D eigenvalue weighted by Gasteiger charge is -2.36. The van der Waals surface area contributed by atoms with Crippen LogP contribution in [-0.4, -0.2) is 65.9 Å². The predicted octanol–water partition coefficient (Wildman–Crippen LogP) is 1.12. The van der Waals surface area contributed by atoms with Crippen molar-refractivity contribution in [3.05, 3.63) is 0 Å². The summed E-state index contributed by atoms with van der Waals surface area (Å²) < 4.78 is 0. The van der Waals surface area contributed by atoms with E-state index in [1.807, 2.05) is 18.9 Å². The molecule has 1 spiro atoms. The van der Waals surface area contributed by atoms with Crippen LogP contribution in [0.15, 0.2) is 0 Å². The van der Waals surface area contributed by atoms with Crippen molar-refractivity contribution in [2.75, 3.05) is 26.7 Å². The highest BCUT2D eigenvalue weighted by atomic mass is 35.5. The Labute approximate surface area is 155 Å². The van der Waals surface area contributed by atoms with E-state index in [1.165, 1.54) is 0 Å². The van der Waals surface area contributed by atoms with Gasteiger partial charge >= 0.3 is 6.03 Å². The van der Waals surface area contributed by atoms with E-state index in [-0.39, 0.29) is 42.7 Å². The minimum absolute atomic E-state index is 0. The van der Waals surface area contributed by atoms with Crippen molar-refractivity contribution >= 4 is 30.3 Å². The van der Waals surface area contributed by atoms with Crippen LogP contribution in [0.1, 0.15) is 45.4 Å². The number of nitrogens with one attached hydrogen (secondary N) is 2. The Bertz CT molecular complexity index is 544. The van der Waals surface area contributed by atoms with Crippen molar-refractivity contribution in [3.63, 3.8) is 0 Å². The van der Waals surface area contributed by atoms with Crippen LogP contribution in [0.3, 0.4) is 0 Å². The summed E-state index contributed by atoms with van der Waals surface area (Å²) in [6.45, 7) is 3.33. The highest BCUT2D eigenvalue weighted by Gasteiger charge is 2.55. The molecule has 2 heterocycles. The summed E-state index contributed by atoms with van der Waals surface area (Å²) in [6.07, 6.45) is 5.57. The summed E-state index contributed by atoms with van der Waals surface area (Å²) in [7, 11) is 1.87. The van der Waals surface area contributed by atoms with E-state index in [4.69, 9.17) is 0 Å². The topological polar surface area (TPSA) is 81.8 Å². The van der Waals surface area contributed by atoms with E-state index in [0.29, 0.717) is 13.0 Å². The Morgan fingerprint density at radius 1 is 1.28 bits per heavy atom. The molecule has 7 nitrogen and oxygen atoms in total. The van der Waals surface area contributed by atoms with Crippen molar-refractivity contribution in [2.24, 2.45) is 5.92 Å². The SMILES string of the molecule is CNCC1CCCN1C(=O)CN1C(=O)NC2(CCCCC2C)C1=O.Cl. The van der Waals surface area contributed by atoms with Crippen LogP contribution in [0.4, 0.5) is 4.79 Å². The maximum atomic E-state index is 12.9. The summed E-state index contributed by atoms with van der Waals surface area (Å²) in [5, 5.41) is 6.01. The molecule has 3 rings (SSSR count). The number of nitrogens with zero attached hydrogens (tertiary/aromatic N) is 2. The summed E-state index contributed by atoms with van der Waals surface area (Å²) >= 11 is 0. The fraction of sp³-hybridized carbons (Fsp3) is 0.824. The Kier molecular flexibility index (Phi) is 6.32. The van der Waals surface area contributed by atoms with E-state index in [2.05, 4.69) is 10.6 Å². The van der Waals surface area contributed by atoms with Crippen molar-refractivity contribution in [1.82, 2.24) is 20.4 Å². The standard InChI is InChI=1S/C17H28N4O3.ClH/c1-12-6-3-4-8-17(12)15(23)21(16(24)19-17)11-14(22)20-9-5-7-13(20)10-18-2;/h12-13,18H,3-11H2,1-2H3,(H,19,24);1H. The number of imide groups is 1. The maximum absolute atomic E-state index is 12.9. The normalized spacial score (nSPS) is 32.1. The van der Waals surface area contributed by atoms with Crippen LogP contribution in [0.2, 0.25) is 0 Å². The third-order valence-electron chi connectivity index (χ3n) is 5.93. The van der Waals surface area contributed by atoms with Crippen molar-refractivity contribution in [1.29, 1.82) is 0 Å². The number of likely N-dealkylation sites (N-methyl/N-ethyl adjacent to an activating group) is 1. The number of hydrogen-bond acceptors (Lipinski definition) is 4. The van der Waals surface area contributed by atoms with Gasteiger partial charge in [0, 0.05) is 19.1 Å². The number of amides is 4. The van der Waals surface area contributed by atoms with Crippen LogP contribution in [0, 0.1) is 5.92 Å². The molecule has 25 heavy (non-hydrogen) atoms. The second kappa shape index (κ2) is 7.91. The van der Waals surface area contributed by atoms with Crippen molar-refractivity contribution in [3.8, 4) is 0 Å². The van der Waals surface area contributed by atoms with E-state index in [1.54, 1.807) is 0 Å². The van der Waals surface area contributed by atoms with Gasteiger partial charge in [0.25, 0.3) is 5.91 Å². The molecule has 3 aliphatic rings. The van der Waals surface area contributed by atoms with E-state index in [0.717, 1.165) is 43.5 Å². The number of rotatable bonds is 4. The second-order valence-electron chi connectivity index (χ2n) is 7.38. The molecule has 3 atom stereocenters. The molecule has 3 fully saturated rings. The first-order valence-electron chi connectivity index (χ1n) is 9.08. The molecular weight excluding hydrogens is 344 g/mol. The largest absolute Gasteiger partial charge is 0.337 e. The predicted molar refractivity (Wildman–Crippen MR) is 96.5 cm³/mol. The lowest BCUT2D eigenvalue weighted by Crippen LogP contribution is -2.54. The second-order valence-corrected chi connectivity index (χ2v) is 7.38. The minimum Gasteiger partial charge on any atom is -0.337 e. The van der Waals surface area contributed by atoms with Crippen LogP contribution >= 0.6 is 12.4 Å². The van der Waals surface area contributed by atoms with Crippen LogP contribution in [0.25, 0.3) is 0 Å². The average Bonchev–Trinajstić information content (AvgIpc) is 3.10. The van der Waals surface area contributed by atoms with Gasteiger partial charge in [-0.25, -0.2) is 4.79 Å². The summed E-state index contributed by atoms with van der Waals surface area (Å²) in [5.41, 5.74) is -0.787. The summed E-state index contributed by atoms with van der Waals surface area (Å²) in [5.74, 6) is -0.221. The van der Waals surface area contributed by atoms with Gasteiger partial charge in [-0.2, -0.15) is 0 Å². The zero-order valence-electron chi connectivity index (χ0n) is 15.0. The molecular formula is C17H29ClN4O3. The summed E-state index contributed by atoms with van der Waals surface area (Å²) in [4.78, 5) is 40.9. The van der Waals surface area contributed by atoms with Gasteiger partial charge in [-0.1, -0.05) is 19.8 Å². The first-order chi connectivity index (χ1) is 11.5. The number of halogens is 1. The first-order valence-corrected chi connectivity index (χ1v) is 9.08. The molecule has 1 aliphatic carbocycles. The highest BCUT2D eigenvalue weighted by molar-refractivity contribution is 6.09. The monoisotopic (exact) mass is 372 g/mol. The lowest BCUT2D eigenvalue weighted by molar-refractivity contribution is -0.141. The van der Waals surface area contributed by atoms with Crippen LogP contribution in [0.5, 0.6) is 0 Å². The van der Waals surface area contributed by atoms with Crippen molar-refractivity contribution < 1.29 is 14.4 Å². The van der Waals surface area contributed by atoms with Crippen LogP contribution in [-0.2, 0) is 9.59 Å². The molecule has 0 aromatic heterocycles. The molecule has 0 radical (unpaired) electrons. The van der Waals surface area contributed by atoms with Crippen LogP contribution < -0.4 is 10.6 Å². The maximum Gasteiger partial charge on any atom is 0.325 e. The summed E-state index contributed by atoms with van der Waals surface area (Å²) in [6, 6.07) is -0.253. The van der Waals surface area contributed by atoms with E-state index >= 15 is 0 Å². The average molecular weight is 373 g/mol. The fourth-order valence-electron chi connectivity index (χ4n) is 4.48. The van der Waals surface area contributed by atoms with Gasteiger partial charge in [0.05, 0.1) is 0 Å². The molecule has 2 aliphatic heterocycles. The Morgan fingerprint density at radius 2 is 2.04 bits per heavy atom. The Morgan fingerprint density at radius 3 is 2.72 bits per heavy atom. The molecule has 4 amide bonds. The lowest BCUT2D eigenvalue weighted by atomic mass is 9.73. The molecule has 2 saturated heterocycles. The smallest absolute Gasteiger partial charge is 0.325 e. The molecule has 1 saturated carbocycles. The number of carbonyl (C=O) groups is 3. The van der Waals surface area contributed by atoms with Gasteiger partial charge in [0.2, 0.25) is 5.91 Å². The minimum atomic E-state index is -0.787. The number of carbonyl (C=O) groups excluding carboxylic acids is 3.